The lowest BCUT2D eigenvalue weighted by atomic mass is 9.98. The summed E-state index contributed by atoms with van der Waals surface area (Å²) in [4.78, 5) is 12.2. The van der Waals surface area contributed by atoms with Crippen LogP contribution >= 0.6 is 12.4 Å². The van der Waals surface area contributed by atoms with Crippen molar-refractivity contribution in [1.29, 1.82) is 0 Å². The first-order valence-corrected chi connectivity index (χ1v) is 7.30. The van der Waals surface area contributed by atoms with Gasteiger partial charge in [-0.15, -0.1) is 12.4 Å². The summed E-state index contributed by atoms with van der Waals surface area (Å²) in [7, 11) is 0. The molecule has 0 aliphatic heterocycles. The number of rotatable bonds is 5. The van der Waals surface area contributed by atoms with Crippen molar-refractivity contribution in [1.82, 2.24) is 0 Å². The number of anilines is 1. The zero-order chi connectivity index (χ0) is 14.6. The van der Waals surface area contributed by atoms with Gasteiger partial charge in [0.25, 0.3) is 0 Å². The van der Waals surface area contributed by atoms with Crippen LogP contribution < -0.4 is 11.1 Å². The summed E-state index contributed by atoms with van der Waals surface area (Å²) in [6.45, 7) is 4.56. The van der Waals surface area contributed by atoms with Gasteiger partial charge in [0.15, 0.2) is 0 Å². The van der Waals surface area contributed by atoms with Crippen LogP contribution in [0.15, 0.2) is 24.3 Å². The molecule has 1 fully saturated rings. The van der Waals surface area contributed by atoms with Crippen LogP contribution in [0, 0.1) is 0 Å². The van der Waals surface area contributed by atoms with E-state index in [0.29, 0.717) is 6.61 Å². The van der Waals surface area contributed by atoms with Crippen molar-refractivity contribution in [3.05, 3.63) is 29.8 Å². The quantitative estimate of drug-likeness (QED) is 0.877. The van der Waals surface area contributed by atoms with Crippen LogP contribution in [0.3, 0.4) is 0 Å². The average Bonchev–Trinajstić information content (AvgIpc) is 2.85. The van der Waals surface area contributed by atoms with Gasteiger partial charge in [0, 0.05) is 5.69 Å². The molecule has 4 nitrogen and oxygen atoms in total. The minimum Gasteiger partial charge on any atom is -0.374 e. The lowest BCUT2D eigenvalue weighted by molar-refractivity contribution is -0.121. The van der Waals surface area contributed by atoms with E-state index < -0.39 is 5.54 Å². The molecule has 2 rings (SSSR count). The van der Waals surface area contributed by atoms with Gasteiger partial charge in [-0.2, -0.15) is 0 Å². The molecule has 1 aromatic rings. The molecule has 1 amide bonds. The minimum absolute atomic E-state index is 0. The van der Waals surface area contributed by atoms with Crippen LogP contribution in [-0.2, 0) is 16.1 Å². The van der Waals surface area contributed by atoms with Crippen LogP contribution in [0.25, 0.3) is 0 Å². The Morgan fingerprint density at radius 1 is 1.38 bits per heavy atom. The van der Waals surface area contributed by atoms with Gasteiger partial charge in [-0.1, -0.05) is 25.0 Å². The van der Waals surface area contributed by atoms with Crippen molar-refractivity contribution >= 4 is 24.0 Å². The number of ether oxygens (including phenoxy) is 1. The normalized spacial score (nSPS) is 16.6. The summed E-state index contributed by atoms with van der Waals surface area (Å²) in [6, 6.07) is 7.74. The molecule has 0 saturated heterocycles. The number of halogens is 1. The second kappa shape index (κ2) is 7.78. The number of carbonyl (C=O) groups is 1. The summed E-state index contributed by atoms with van der Waals surface area (Å²) in [5, 5.41) is 2.93. The Labute approximate surface area is 132 Å². The number of carbonyl (C=O) groups excluding carboxylic acids is 1. The van der Waals surface area contributed by atoms with Crippen molar-refractivity contribution in [3.8, 4) is 0 Å². The first kappa shape index (κ1) is 18.0. The highest BCUT2D eigenvalue weighted by atomic mass is 35.5. The molecule has 1 aromatic carbocycles. The Hall–Kier alpha value is -1.10. The highest BCUT2D eigenvalue weighted by Gasteiger charge is 2.36. The molecule has 21 heavy (non-hydrogen) atoms. The molecular formula is C16H25ClN2O2. The molecule has 1 saturated carbocycles. The zero-order valence-corrected chi connectivity index (χ0v) is 13.5. The first-order chi connectivity index (χ1) is 9.49. The topological polar surface area (TPSA) is 64.3 Å². The third kappa shape index (κ3) is 4.99. The lowest BCUT2D eigenvalue weighted by Gasteiger charge is -2.22. The molecule has 5 heteroatoms. The van der Waals surface area contributed by atoms with Gasteiger partial charge >= 0.3 is 0 Å². The number of nitrogens with one attached hydrogen (secondary N) is 1. The second-order valence-corrected chi connectivity index (χ2v) is 5.88. The number of amides is 1. The fourth-order valence-corrected chi connectivity index (χ4v) is 2.49. The Kier molecular flexibility index (Phi) is 6.65. The third-order valence-corrected chi connectivity index (χ3v) is 3.72. The van der Waals surface area contributed by atoms with Gasteiger partial charge in [0.05, 0.1) is 18.2 Å². The molecule has 0 radical (unpaired) electrons. The molecule has 0 heterocycles. The molecule has 0 unspecified atom stereocenters. The molecule has 3 N–H and O–H groups in total. The highest BCUT2D eigenvalue weighted by molar-refractivity contribution is 5.98. The maximum Gasteiger partial charge on any atom is 0.244 e. The van der Waals surface area contributed by atoms with E-state index in [1.54, 1.807) is 0 Å². The van der Waals surface area contributed by atoms with Crippen LogP contribution in [-0.4, -0.2) is 17.6 Å². The lowest BCUT2D eigenvalue weighted by Crippen LogP contribution is -2.48. The Morgan fingerprint density at radius 3 is 2.67 bits per heavy atom. The van der Waals surface area contributed by atoms with E-state index in [1.165, 1.54) is 0 Å². The van der Waals surface area contributed by atoms with Crippen LogP contribution in [0.1, 0.15) is 45.1 Å². The van der Waals surface area contributed by atoms with E-state index in [9.17, 15) is 4.79 Å². The summed E-state index contributed by atoms with van der Waals surface area (Å²) < 4.78 is 5.57. The molecule has 1 aliphatic carbocycles. The van der Waals surface area contributed by atoms with Crippen LogP contribution in [0.5, 0.6) is 0 Å². The third-order valence-electron chi connectivity index (χ3n) is 3.72. The van der Waals surface area contributed by atoms with Gasteiger partial charge in [0.2, 0.25) is 5.91 Å². The summed E-state index contributed by atoms with van der Waals surface area (Å²) in [6.07, 6.45) is 3.81. The number of hydrogen-bond acceptors (Lipinski definition) is 3. The number of benzene rings is 1. The maximum absolute atomic E-state index is 12.2. The number of hydrogen-bond donors (Lipinski definition) is 2. The zero-order valence-electron chi connectivity index (χ0n) is 12.7. The van der Waals surface area contributed by atoms with E-state index in [-0.39, 0.29) is 24.4 Å². The van der Waals surface area contributed by atoms with E-state index >= 15 is 0 Å². The first-order valence-electron chi connectivity index (χ1n) is 7.30. The van der Waals surface area contributed by atoms with Crippen molar-refractivity contribution in [2.75, 3.05) is 5.32 Å². The predicted molar refractivity (Wildman–Crippen MR) is 87.6 cm³/mol. The molecule has 0 aromatic heterocycles. The van der Waals surface area contributed by atoms with Crippen molar-refractivity contribution in [3.63, 3.8) is 0 Å². The van der Waals surface area contributed by atoms with Crippen LogP contribution in [0.4, 0.5) is 5.69 Å². The Balaban J connectivity index is 0.00000220. The van der Waals surface area contributed by atoms with Gasteiger partial charge in [-0.25, -0.2) is 0 Å². The van der Waals surface area contributed by atoms with E-state index in [0.717, 1.165) is 36.9 Å². The van der Waals surface area contributed by atoms with Gasteiger partial charge in [-0.3, -0.25) is 4.79 Å². The van der Waals surface area contributed by atoms with E-state index in [1.807, 2.05) is 38.1 Å². The minimum atomic E-state index is -0.690. The standard InChI is InChI=1S/C16H24N2O2.ClH/c1-12(2)20-11-13-6-5-7-14(10-13)18-15(19)16(17)8-3-4-9-16;/h5-7,10,12H,3-4,8-9,11,17H2,1-2H3,(H,18,19);1H. The highest BCUT2D eigenvalue weighted by Crippen LogP contribution is 2.28. The van der Waals surface area contributed by atoms with Crippen LogP contribution in [0.2, 0.25) is 0 Å². The fraction of sp³-hybridized carbons (Fsp3) is 0.562. The second-order valence-electron chi connectivity index (χ2n) is 5.88. The van der Waals surface area contributed by atoms with Crippen molar-refractivity contribution < 1.29 is 9.53 Å². The molecule has 118 valence electrons. The molecule has 0 bridgehead atoms. The fourth-order valence-electron chi connectivity index (χ4n) is 2.49. The SMILES string of the molecule is CC(C)OCc1cccc(NC(=O)C2(N)CCCC2)c1.Cl. The van der Waals surface area contributed by atoms with E-state index in [2.05, 4.69) is 5.32 Å². The van der Waals surface area contributed by atoms with E-state index in [4.69, 9.17) is 10.5 Å². The van der Waals surface area contributed by atoms with Gasteiger partial charge < -0.3 is 15.8 Å². The predicted octanol–water partition coefficient (Wildman–Crippen LogP) is 3.24. The molecule has 0 atom stereocenters. The maximum atomic E-state index is 12.2. The summed E-state index contributed by atoms with van der Waals surface area (Å²) >= 11 is 0. The Morgan fingerprint density at radius 2 is 2.05 bits per heavy atom. The van der Waals surface area contributed by atoms with Crippen molar-refractivity contribution in [2.24, 2.45) is 5.73 Å². The summed E-state index contributed by atoms with van der Waals surface area (Å²) in [5.74, 6) is -0.0723. The smallest absolute Gasteiger partial charge is 0.244 e. The van der Waals surface area contributed by atoms with Gasteiger partial charge in [-0.05, 0) is 44.4 Å². The average molecular weight is 313 g/mol. The molecular weight excluding hydrogens is 288 g/mol. The molecule has 1 aliphatic rings. The van der Waals surface area contributed by atoms with Crippen molar-refractivity contribution in [2.45, 2.75) is 57.8 Å². The summed E-state index contributed by atoms with van der Waals surface area (Å²) in [5.41, 5.74) is 7.30. The molecule has 0 spiro atoms. The van der Waals surface area contributed by atoms with Gasteiger partial charge in [0.1, 0.15) is 0 Å². The Bertz CT molecular complexity index is 471. The number of nitrogens with two attached hydrogens (primary N) is 1. The largest absolute Gasteiger partial charge is 0.374 e. The monoisotopic (exact) mass is 312 g/mol.